The molecule has 0 N–H and O–H groups in total. The summed E-state index contributed by atoms with van der Waals surface area (Å²) in [5.41, 5.74) is 1.63. The molecule has 1 aliphatic carbocycles. The molecule has 0 radical (unpaired) electrons. The Kier molecular flexibility index (Phi) is 5.39. The van der Waals surface area contributed by atoms with E-state index in [1.807, 2.05) is 36.4 Å². The van der Waals surface area contributed by atoms with Gasteiger partial charge in [-0.15, -0.1) is 0 Å². The zero-order valence-electron chi connectivity index (χ0n) is 16.7. The molecule has 2 aliphatic rings. The molecule has 2 fully saturated rings. The van der Waals surface area contributed by atoms with Gasteiger partial charge in [0.1, 0.15) is 6.29 Å². The summed E-state index contributed by atoms with van der Waals surface area (Å²) in [6.07, 6.45) is 7.07. The minimum atomic E-state index is -0.618. The quantitative estimate of drug-likeness (QED) is 0.642. The van der Waals surface area contributed by atoms with Crippen LogP contribution in [0.2, 0.25) is 0 Å². The Morgan fingerprint density at radius 2 is 1.50 bits per heavy atom. The SMILES string of the molecule is CC1(CCC(C=O)(c2ccccc2)c2ccccc2)CCCC2(C1)OCCO2. The molecule has 1 atom stereocenters. The standard InChI is InChI=1S/C25H30O3/c1-23(13-8-14-25(19-23)27-17-18-28-25)15-16-24(20-26,21-9-4-2-5-10-21)22-11-6-3-7-12-22/h2-7,9-12,20H,8,13-19H2,1H3. The van der Waals surface area contributed by atoms with Gasteiger partial charge in [0.05, 0.1) is 18.6 Å². The molecule has 2 aromatic rings. The molecule has 1 unspecified atom stereocenters. The Morgan fingerprint density at radius 3 is 2.04 bits per heavy atom. The first kappa shape index (κ1) is 19.4. The summed E-state index contributed by atoms with van der Waals surface area (Å²) in [5, 5.41) is 0. The van der Waals surface area contributed by atoms with Crippen LogP contribution in [0.25, 0.3) is 0 Å². The van der Waals surface area contributed by atoms with Crippen LogP contribution in [0.15, 0.2) is 60.7 Å². The van der Waals surface area contributed by atoms with Crippen LogP contribution < -0.4 is 0 Å². The van der Waals surface area contributed by atoms with Crippen LogP contribution >= 0.6 is 0 Å². The average Bonchev–Trinajstić information content (AvgIpc) is 3.17. The first-order valence-corrected chi connectivity index (χ1v) is 10.5. The second kappa shape index (κ2) is 7.81. The third-order valence-corrected chi connectivity index (χ3v) is 6.75. The lowest BCUT2D eigenvalue weighted by Gasteiger charge is -2.44. The Balaban J connectivity index is 1.62. The van der Waals surface area contributed by atoms with E-state index in [4.69, 9.17) is 9.47 Å². The van der Waals surface area contributed by atoms with Gasteiger partial charge in [0.15, 0.2) is 5.79 Å². The number of carbonyl (C=O) groups is 1. The van der Waals surface area contributed by atoms with Gasteiger partial charge in [-0.25, -0.2) is 0 Å². The largest absolute Gasteiger partial charge is 0.348 e. The molecule has 3 heteroatoms. The Hall–Kier alpha value is -1.97. The molecular weight excluding hydrogens is 348 g/mol. The second-order valence-corrected chi connectivity index (χ2v) is 8.77. The molecule has 0 aromatic heterocycles. The van der Waals surface area contributed by atoms with Crippen molar-refractivity contribution in [1.82, 2.24) is 0 Å². The van der Waals surface area contributed by atoms with E-state index in [2.05, 4.69) is 31.2 Å². The third kappa shape index (κ3) is 3.66. The Morgan fingerprint density at radius 1 is 0.929 bits per heavy atom. The fraction of sp³-hybridized carbons (Fsp3) is 0.480. The lowest BCUT2D eigenvalue weighted by Crippen LogP contribution is -2.42. The van der Waals surface area contributed by atoms with Crippen molar-refractivity contribution < 1.29 is 14.3 Å². The van der Waals surface area contributed by atoms with Gasteiger partial charge in [0.2, 0.25) is 0 Å². The van der Waals surface area contributed by atoms with Crippen molar-refractivity contribution in [3.8, 4) is 0 Å². The van der Waals surface area contributed by atoms with E-state index in [0.29, 0.717) is 13.2 Å². The van der Waals surface area contributed by atoms with E-state index in [0.717, 1.165) is 55.9 Å². The highest BCUT2D eigenvalue weighted by Gasteiger charge is 2.47. The van der Waals surface area contributed by atoms with Crippen molar-refractivity contribution >= 4 is 6.29 Å². The molecule has 28 heavy (non-hydrogen) atoms. The summed E-state index contributed by atoms with van der Waals surface area (Å²) < 4.78 is 12.0. The van der Waals surface area contributed by atoms with Crippen molar-refractivity contribution in [3.05, 3.63) is 71.8 Å². The summed E-state index contributed by atoms with van der Waals surface area (Å²) in [6, 6.07) is 20.4. The monoisotopic (exact) mass is 378 g/mol. The van der Waals surface area contributed by atoms with Crippen molar-refractivity contribution in [3.63, 3.8) is 0 Å². The van der Waals surface area contributed by atoms with Gasteiger partial charge in [0.25, 0.3) is 0 Å². The van der Waals surface area contributed by atoms with Crippen LogP contribution in [0.4, 0.5) is 0 Å². The molecular formula is C25H30O3. The topological polar surface area (TPSA) is 35.5 Å². The molecule has 0 bridgehead atoms. The normalized spacial score (nSPS) is 24.3. The zero-order valence-corrected chi connectivity index (χ0v) is 16.7. The molecule has 1 heterocycles. The fourth-order valence-electron chi connectivity index (χ4n) is 5.19. The molecule has 0 amide bonds. The average molecular weight is 379 g/mol. The number of hydrogen-bond donors (Lipinski definition) is 0. The van der Waals surface area contributed by atoms with E-state index in [1.54, 1.807) is 0 Å². The number of aldehydes is 1. The van der Waals surface area contributed by atoms with E-state index in [9.17, 15) is 4.79 Å². The molecule has 148 valence electrons. The minimum Gasteiger partial charge on any atom is -0.348 e. The van der Waals surface area contributed by atoms with Gasteiger partial charge in [0, 0.05) is 12.8 Å². The van der Waals surface area contributed by atoms with Gasteiger partial charge in [-0.05, 0) is 42.2 Å². The zero-order chi connectivity index (χ0) is 19.5. The van der Waals surface area contributed by atoms with Crippen molar-refractivity contribution in [1.29, 1.82) is 0 Å². The van der Waals surface area contributed by atoms with Crippen LogP contribution in [0.3, 0.4) is 0 Å². The predicted octanol–water partition coefficient (Wildman–Crippen LogP) is 5.28. The van der Waals surface area contributed by atoms with Crippen LogP contribution in [0.1, 0.15) is 56.6 Å². The smallest absolute Gasteiger partial charge is 0.169 e. The van der Waals surface area contributed by atoms with Crippen molar-refractivity contribution in [2.24, 2.45) is 5.41 Å². The maximum Gasteiger partial charge on any atom is 0.169 e. The highest BCUT2D eigenvalue weighted by Crippen LogP contribution is 2.50. The highest BCUT2D eigenvalue weighted by atomic mass is 16.7. The van der Waals surface area contributed by atoms with Gasteiger partial charge in [-0.1, -0.05) is 67.6 Å². The van der Waals surface area contributed by atoms with Crippen LogP contribution in [-0.4, -0.2) is 25.3 Å². The van der Waals surface area contributed by atoms with Crippen LogP contribution in [0, 0.1) is 5.41 Å². The van der Waals surface area contributed by atoms with Gasteiger partial charge < -0.3 is 14.3 Å². The molecule has 3 nitrogen and oxygen atoms in total. The van der Waals surface area contributed by atoms with Crippen LogP contribution in [0.5, 0.6) is 0 Å². The molecule has 4 rings (SSSR count). The maximum absolute atomic E-state index is 12.6. The first-order chi connectivity index (χ1) is 13.6. The number of hydrogen-bond acceptors (Lipinski definition) is 3. The maximum atomic E-state index is 12.6. The molecule has 1 spiro atoms. The molecule has 1 saturated heterocycles. The van der Waals surface area contributed by atoms with E-state index < -0.39 is 11.2 Å². The lowest BCUT2D eigenvalue weighted by molar-refractivity contribution is -0.201. The Labute approximate surface area is 168 Å². The highest BCUT2D eigenvalue weighted by molar-refractivity contribution is 5.75. The second-order valence-electron chi connectivity index (χ2n) is 8.77. The first-order valence-electron chi connectivity index (χ1n) is 10.5. The van der Waals surface area contributed by atoms with E-state index in [1.165, 1.54) is 0 Å². The van der Waals surface area contributed by atoms with Gasteiger partial charge in [-0.3, -0.25) is 0 Å². The number of ether oxygens (including phenoxy) is 2. The number of carbonyl (C=O) groups excluding carboxylic acids is 1. The van der Waals surface area contributed by atoms with Gasteiger partial charge in [-0.2, -0.15) is 0 Å². The summed E-state index contributed by atoms with van der Waals surface area (Å²) in [4.78, 5) is 12.6. The summed E-state index contributed by atoms with van der Waals surface area (Å²) in [6.45, 7) is 3.73. The van der Waals surface area contributed by atoms with Crippen LogP contribution in [-0.2, 0) is 19.7 Å². The minimum absolute atomic E-state index is 0.112. The predicted molar refractivity (Wildman–Crippen MR) is 110 cm³/mol. The lowest BCUT2D eigenvalue weighted by atomic mass is 9.65. The number of rotatable bonds is 6. The third-order valence-electron chi connectivity index (χ3n) is 6.75. The fourth-order valence-corrected chi connectivity index (χ4v) is 5.19. The molecule has 1 saturated carbocycles. The van der Waals surface area contributed by atoms with Crippen molar-refractivity contribution in [2.75, 3.05) is 13.2 Å². The summed E-state index contributed by atoms with van der Waals surface area (Å²) in [5.74, 6) is -0.393. The van der Waals surface area contributed by atoms with Gasteiger partial charge >= 0.3 is 0 Å². The van der Waals surface area contributed by atoms with E-state index >= 15 is 0 Å². The number of benzene rings is 2. The molecule has 1 aliphatic heterocycles. The Bertz CT molecular complexity index is 740. The van der Waals surface area contributed by atoms with E-state index in [-0.39, 0.29) is 5.41 Å². The molecule has 2 aromatic carbocycles. The summed E-state index contributed by atoms with van der Waals surface area (Å²) in [7, 11) is 0. The van der Waals surface area contributed by atoms with Crippen molar-refractivity contribution in [2.45, 2.75) is 56.7 Å². The summed E-state index contributed by atoms with van der Waals surface area (Å²) >= 11 is 0.